The fraction of sp³-hybridized carbons (Fsp3) is 0.500. The molecule has 2 N–H and O–H groups in total. The number of hydrogen-bond acceptors (Lipinski definition) is 4. The normalized spacial score (nSPS) is 16.8. The number of hydrogen-bond donors (Lipinski definition) is 2. The number of nitrogens with one attached hydrogen (secondary N) is 1. The fourth-order valence-corrected chi connectivity index (χ4v) is 3.29. The van der Waals surface area contributed by atoms with E-state index in [0.29, 0.717) is 23.8 Å². The van der Waals surface area contributed by atoms with Gasteiger partial charge in [0, 0.05) is 30.9 Å². The molecule has 0 bridgehead atoms. The van der Waals surface area contributed by atoms with Gasteiger partial charge in [0.25, 0.3) is 0 Å². The Morgan fingerprint density at radius 3 is 2.76 bits per heavy atom. The number of carbonyl (C=O) groups is 2. The summed E-state index contributed by atoms with van der Waals surface area (Å²) in [4.78, 5) is 25.2. The van der Waals surface area contributed by atoms with Gasteiger partial charge in [0.1, 0.15) is 6.04 Å². The van der Waals surface area contributed by atoms with Gasteiger partial charge < -0.3 is 10.0 Å². The average Bonchev–Trinajstić information content (AvgIpc) is 3.22. The molecule has 25 heavy (non-hydrogen) atoms. The van der Waals surface area contributed by atoms with Gasteiger partial charge in [-0.05, 0) is 25.8 Å². The molecule has 0 spiro atoms. The van der Waals surface area contributed by atoms with Gasteiger partial charge in [-0.1, -0.05) is 11.6 Å². The van der Waals surface area contributed by atoms with Crippen molar-refractivity contribution in [1.82, 2.24) is 24.9 Å². The summed E-state index contributed by atoms with van der Waals surface area (Å²) >= 11 is 5.86. The van der Waals surface area contributed by atoms with Crippen LogP contribution in [0.25, 0.3) is 0 Å². The second-order valence-electron chi connectivity index (χ2n) is 6.30. The maximum atomic E-state index is 12.6. The molecular formula is C16H20ClN5O3. The van der Waals surface area contributed by atoms with E-state index in [-0.39, 0.29) is 18.2 Å². The first-order valence-electron chi connectivity index (χ1n) is 8.18. The molecule has 0 radical (unpaired) electrons. The average molecular weight is 366 g/mol. The van der Waals surface area contributed by atoms with Crippen LogP contribution in [-0.4, -0.2) is 55.0 Å². The molecule has 2 aromatic rings. The maximum Gasteiger partial charge on any atom is 0.309 e. The number of carboxylic acid groups (broad SMARTS) is 1. The Labute approximate surface area is 149 Å². The minimum absolute atomic E-state index is 0.0202. The van der Waals surface area contributed by atoms with E-state index in [4.69, 9.17) is 16.7 Å². The standard InChI is InChI=1S/C16H20ClN5O3/c1-10(22-9-12(17)8-18-22)16(25)21-4-2-11(3-5-21)14-6-13(19-20-14)7-15(23)24/h6,8-11H,2-5,7H2,1H3,(H,19,20)(H,23,24)/t10-/m0/s1. The number of carboxylic acids is 1. The molecule has 8 nitrogen and oxygen atoms in total. The van der Waals surface area contributed by atoms with E-state index in [1.54, 1.807) is 10.9 Å². The number of carbonyl (C=O) groups excluding carboxylic acids is 1. The first kappa shape index (κ1) is 17.5. The summed E-state index contributed by atoms with van der Waals surface area (Å²) in [5, 5.41) is 20.4. The largest absolute Gasteiger partial charge is 0.481 e. The minimum Gasteiger partial charge on any atom is -0.481 e. The van der Waals surface area contributed by atoms with Gasteiger partial charge >= 0.3 is 5.97 Å². The molecule has 3 heterocycles. The van der Waals surface area contributed by atoms with Gasteiger partial charge in [-0.3, -0.25) is 19.4 Å². The lowest BCUT2D eigenvalue weighted by Gasteiger charge is -2.33. The van der Waals surface area contributed by atoms with Gasteiger partial charge in [0.2, 0.25) is 5.91 Å². The number of rotatable bonds is 5. The molecule has 2 aromatic heterocycles. The zero-order valence-corrected chi connectivity index (χ0v) is 14.6. The number of aromatic nitrogens is 4. The molecule has 134 valence electrons. The van der Waals surface area contributed by atoms with Crippen LogP contribution < -0.4 is 0 Å². The van der Waals surface area contributed by atoms with Crippen LogP contribution >= 0.6 is 11.6 Å². The van der Waals surface area contributed by atoms with Crippen LogP contribution in [0.4, 0.5) is 0 Å². The number of aromatic amines is 1. The Balaban J connectivity index is 1.57. The first-order valence-corrected chi connectivity index (χ1v) is 8.56. The first-order chi connectivity index (χ1) is 11.9. The summed E-state index contributed by atoms with van der Waals surface area (Å²) in [6, 6.07) is 1.42. The van der Waals surface area contributed by atoms with Crippen LogP contribution in [0.5, 0.6) is 0 Å². The quantitative estimate of drug-likeness (QED) is 0.841. The molecule has 1 aliphatic rings. The highest BCUT2D eigenvalue weighted by Crippen LogP contribution is 2.28. The molecule has 1 atom stereocenters. The molecule has 1 aliphatic heterocycles. The van der Waals surface area contributed by atoms with Crippen molar-refractivity contribution in [1.29, 1.82) is 0 Å². The van der Waals surface area contributed by atoms with Crippen molar-refractivity contribution in [3.63, 3.8) is 0 Å². The van der Waals surface area contributed by atoms with E-state index < -0.39 is 12.0 Å². The molecule has 3 rings (SSSR count). The summed E-state index contributed by atoms with van der Waals surface area (Å²) in [6.45, 7) is 3.09. The summed E-state index contributed by atoms with van der Waals surface area (Å²) < 4.78 is 1.57. The third-order valence-electron chi connectivity index (χ3n) is 4.54. The van der Waals surface area contributed by atoms with E-state index in [1.165, 1.54) is 6.20 Å². The summed E-state index contributed by atoms with van der Waals surface area (Å²) in [6.07, 6.45) is 4.70. The lowest BCUT2D eigenvalue weighted by molar-refractivity contribution is -0.136. The van der Waals surface area contributed by atoms with Crippen molar-refractivity contribution < 1.29 is 14.7 Å². The molecule has 1 saturated heterocycles. The summed E-state index contributed by atoms with van der Waals surface area (Å²) in [7, 11) is 0. The number of amides is 1. The molecule has 0 saturated carbocycles. The van der Waals surface area contributed by atoms with Crippen LogP contribution in [-0.2, 0) is 16.0 Å². The Kier molecular flexibility index (Phi) is 5.08. The molecule has 0 unspecified atom stereocenters. The van der Waals surface area contributed by atoms with Crippen LogP contribution in [0.3, 0.4) is 0 Å². The van der Waals surface area contributed by atoms with Crippen molar-refractivity contribution in [3.05, 3.63) is 34.9 Å². The topological polar surface area (TPSA) is 104 Å². The highest BCUT2D eigenvalue weighted by atomic mass is 35.5. The molecule has 0 aromatic carbocycles. The number of halogens is 1. The number of nitrogens with zero attached hydrogens (tertiary/aromatic N) is 4. The number of H-pyrrole nitrogens is 1. The van der Waals surface area contributed by atoms with E-state index in [2.05, 4.69) is 15.3 Å². The van der Waals surface area contributed by atoms with Gasteiger partial charge in [0.15, 0.2) is 0 Å². The van der Waals surface area contributed by atoms with Crippen molar-refractivity contribution in [2.45, 2.75) is 38.1 Å². The van der Waals surface area contributed by atoms with Crippen LogP contribution in [0.1, 0.15) is 43.1 Å². The van der Waals surface area contributed by atoms with Crippen LogP contribution in [0.2, 0.25) is 5.02 Å². The fourth-order valence-electron chi connectivity index (χ4n) is 3.14. The van der Waals surface area contributed by atoms with E-state index >= 15 is 0 Å². The minimum atomic E-state index is -0.886. The predicted molar refractivity (Wildman–Crippen MR) is 90.4 cm³/mol. The van der Waals surface area contributed by atoms with E-state index in [9.17, 15) is 9.59 Å². The maximum absolute atomic E-state index is 12.6. The molecule has 9 heteroatoms. The Hall–Kier alpha value is -2.35. The van der Waals surface area contributed by atoms with Gasteiger partial charge in [-0.15, -0.1) is 0 Å². The van der Waals surface area contributed by atoms with Gasteiger partial charge in [0.05, 0.1) is 23.3 Å². The highest BCUT2D eigenvalue weighted by molar-refractivity contribution is 6.30. The van der Waals surface area contributed by atoms with E-state index in [1.807, 2.05) is 17.9 Å². The SMILES string of the molecule is C[C@@H](C(=O)N1CCC(c2cc(CC(=O)O)[nH]n2)CC1)n1cc(Cl)cn1. The molecule has 0 aliphatic carbocycles. The zero-order valence-electron chi connectivity index (χ0n) is 13.9. The smallest absolute Gasteiger partial charge is 0.309 e. The third-order valence-corrected chi connectivity index (χ3v) is 4.74. The van der Waals surface area contributed by atoms with Crippen LogP contribution in [0, 0.1) is 0 Å². The lowest BCUT2D eigenvalue weighted by atomic mass is 9.93. The number of piperidine rings is 1. The summed E-state index contributed by atoms with van der Waals surface area (Å²) in [5.41, 5.74) is 1.47. The van der Waals surface area contributed by atoms with E-state index in [0.717, 1.165) is 18.5 Å². The van der Waals surface area contributed by atoms with Gasteiger partial charge in [-0.25, -0.2) is 0 Å². The zero-order chi connectivity index (χ0) is 18.0. The number of aliphatic carboxylic acids is 1. The van der Waals surface area contributed by atoms with Crippen LogP contribution in [0.15, 0.2) is 18.5 Å². The second-order valence-corrected chi connectivity index (χ2v) is 6.74. The van der Waals surface area contributed by atoms with Crippen molar-refractivity contribution in [2.24, 2.45) is 0 Å². The predicted octanol–water partition coefficient (Wildman–Crippen LogP) is 1.85. The monoisotopic (exact) mass is 365 g/mol. The van der Waals surface area contributed by atoms with Crippen molar-refractivity contribution >= 4 is 23.5 Å². The molecular weight excluding hydrogens is 346 g/mol. The third kappa shape index (κ3) is 4.01. The van der Waals surface area contributed by atoms with Crippen molar-refractivity contribution in [3.8, 4) is 0 Å². The second kappa shape index (κ2) is 7.26. The Bertz CT molecular complexity index is 763. The van der Waals surface area contributed by atoms with Crippen molar-refractivity contribution in [2.75, 3.05) is 13.1 Å². The van der Waals surface area contributed by atoms with Gasteiger partial charge in [-0.2, -0.15) is 10.2 Å². The summed E-state index contributed by atoms with van der Waals surface area (Å²) in [5.74, 6) is -0.632. The highest BCUT2D eigenvalue weighted by Gasteiger charge is 2.28. The number of likely N-dealkylation sites (tertiary alicyclic amines) is 1. The lowest BCUT2D eigenvalue weighted by Crippen LogP contribution is -2.41. The molecule has 1 amide bonds. The Morgan fingerprint density at radius 1 is 1.44 bits per heavy atom. The Morgan fingerprint density at radius 2 is 2.16 bits per heavy atom. The molecule has 1 fully saturated rings.